The van der Waals surface area contributed by atoms with Crippen molar-refractivity contribution < 1.29 is 36.6 Å². The molecule has 0 saturated carbocycles. The number of aliphatic hydroxyl groups is 1. The van der Waals surface area contributed by atoms with Gasteiger partial charge in [0.15, 0.2) is 8.32 Å². The minimum Gasteiger partial charge on any atom is -0.469 e. The summed E-state index contributed by atoms with van der Waals surface area (Å²) in [4.78, 5) is 13.7. The summed E-state index contributed by atoms with van der Waals surface area (Å²) in [5.74, 6) is 5.52. The largest absolute Gasteiger partial charge is 0.469 e. The van der Waals surface area contributed by atoms with Crippen molar-refractivity contribution in [2.75, 3.05) is 26.9 Å². The number of nitrogens with zero attached hydrogens (tertiary/aromatic N) is 1. The Bertz CT molecular complexity index is 1430. The van der Waals surface area contributed by atoms with E-state index in [0.29, 0.717) is 48.3 Å². The van der Waals surface area contributed by atoms with Crippen LogP contribution in [0.3, 0.4) is 0 Å². The van der Waals surface area contributed by atoms with Gasteiger partial charge >= 0.3 is 12.1 Å². The average Bonchev–Trinajstić information content (AvgIpc) is 3.22. The molecule has 0 bridgehead atoms. The van der Waals surface area contributed by atoms with Gasteiger partial charge in [-0.15, -0.1) is 0 Å². The van der Waals surface area contributed by atoms with Crippen molar-refractivity contribution in [2.24, 2.45) is 47.3 Å². The molecule has 0 spiro atoms. The van der Waals surface area contributed by atoms with Gasteiger partial charge in [0.2, 0.25) is 6.54 Å². The third kappa shape index (κ3) is 78.7. The molecular formula is C62H119F4NO4Si. The Morgan fingerprint density at radius 3 is 1.22 bits per heavy atom. The van der Waals surface area contributed by atoms with E-state index in [0.717, 1.165) is 73.7 Å². The fraction of sp³-hybridized carbons (Fsp3) is 0.774. The maximum absolute atomic E-state index is 12.2. The Balaban J connectivity index is -0.000000136. The lowest BCUT2D eigenvalue weighted by atomic mass is 10.0. The molecule has 0 saturated heterocycles. The lowest BCUT2D eigenvalue weighted by Crippen LogP contribution is -2.41. The molecule has 5 nitrogen and oxygen atoms in total. The maximum atomic E-state index is 12.2. The summed E-state index contributed by atoms with van der Waals surface area (Å²) < 4.78 is 58.1. The van der Waals surface area contributed by atoms with E-state index in [4.69, 9.17) is 16.1 Å². The quantitative estimate of drug-likeness (QED) is 0.0788. The molecule has 0 fully saturated rings. The van der Waals surface area contributed by atoms with E-state index < -0.39 is 26.2 Å². The first-order valence-electron chi connectivity index (χ1n) is 27.3. The first-order chi connectivity index (χ1) is 32.8. The third-order valence-electron chi connectivity index (χ3n) is 9.87. The Morgan fingerprint density at radius 1 is 0.625 bits per heavy atom. The number of ether oxygens (including phenoxy) is 1. The summed E-state index contributed by atoms with van der Waals surface area (Å²) in [5.41, 5.74) is 1.82. The van der Waals surface area contributed by atoms with Crippen LogP contribution in [0.5, 0.6) is 0 Å². The molecule has 0 aliphatic rings. The first-order valence-corrected chi connectivity index (χ1v) is 30.2. The molecule has 0 atom stereocenters. The topological polar surface area (TPSA) is 60.1 Å². The molecule has 0 aliphatic carbocycles. The SMILES string of the molecule is CC(C)C.CC(C)CCO.CC(C)CCO[Si](C)(C)C(C)(C)C.CC(C)Cc1ccc(C(F)(F)F)cc1.CC(C)Cc1ccccc1.CC(C)F.CCC(C)C.COC(=O)CCC(C)C.[C-]#[N+]CCC(C)C. The van der Waals surface area contributed by atoms with E-state index in [-0.39, 0.29) is 5.97 Å². The summed E-state index contributed by atoms with van der Waals surface area (Å²) in [5, 5.41) is 8.59. The number of rotatable bonds is 16. The van der Waals surface area contributed by atoms with Crippen LogP contribution in [0.2, 0.25) is 18.1 Å². The molecule has 2 aromatic carbocycles. The van der Waals surface area contributed by atoms with E-state index in [1.54, 1.807) is 12.1 Å². The van der Waals surface area contributed by atoms with Crippen molar-refractivity contribution in [3.8, 4) is 0 Å². The van der Waals surface area contributed by atoms with Gasteiger partial charge in [-0.1, -0.05) is 194 Å². The van der Waals surface area contributed by atoms with Gasteiger partial charge in [-0.2, -0.15) is 13.2 Å². The number of esters is 1. The van der Waals surface area contributed by atoms with Gasteiger partial charge in [-0.25, -0.2) is 11.0 Å². The van der Waals surface area contributed by atoms with Gasteiger partial charge in [0.05, 0.1) is 18.8 Å². The Labute approximate surface area is 447 Å². The Morgan fingerprint density at radius 2 is 0.986 bits per heavy atom. The molecule has 0 radical (unpaired) electrons. The lowest BCUT2D eigenvalue weighted by molar-refractivity contribution is -0.141. The predicted octanol–water partition coefficient (Wildman–Crippen LogP) is 20.5. The van der Waals surface area contributed by atoms with Crippen LogP contribution in [0.25, 0.3) is 4.85 Å². The second-order valence-electron chi connectivity index (χ2n) is 23.7. The second kappa shape index (κ2) is 51.7. The summed E-state index contributed by atoms with van der Waals surface area (Å²) in [6, 6.07) is 16.0. The van der Waals surface area contributed by atoms with Crippen molar-refractivity contribution in [3.05, 3.63) is 82.7 Å². The summed E-state index contributed by atoms with van der Waals surface area (Å²) in [6.45, 7) is 61.7. The smallest absolute Gasteiger partial charge is 0.416 e. The normalized spacial score (nSPS) is 10.9. The summed E-state index contributed by atoms with van der Waals surface area (Å²) in [6.07, 6.45) is 3.06. The lowest BCUT2D eigenvalue weighted by Gasteiger charge is -2.36. The number of hydrogen-bond acceptors (Lipinski definition) is 4. The molecule has 1 N–H and O–H groups in total. The van der Waals surface area contributed by atoms with Crippen molar-refractivity contribution >= 4 is 14.3 Å². The van der Waals surface area contributed by atoms with Crippen molar-refractivity contribution in [1.82, 2.24) is 0 Å². The van der Waals surface area contributed by atoms with E-state index in [1.165, 1.54) is 45.8 Å². The molecule has 72 heavy (non-hydrogen) atoms. The zero-order chi connectivity index (χ0) is 58.3. The summed E-state index contributed by atoms with van der Waals surface area (Å²) in [7, 11) is -0.0524. The standard InChI is InChI=1S/C11H13F3.C11H26OSi.C10H14.C7H14O2.C6H11N.C5H12O.C5H12.C4H10.C3H7F/c1-8(2)7-9-3-5-10(6-4-9)11(12,13)14;1-10(2)8-9-12-13(6,7)11(3,4)5;1-9(2)8-10-6-4-3-5-7-10;1-6(2)4-5-7(8)9-3;1-6(2)4-5-7-3;1-5(2)3-4-6;1-4-5(2)3;1-4(2)3;1-3(2)4/h3-6,8H,7H2,1-2H3;10H,8-9H2,1-7H3;3-7,9H,8H2,1-2H3;6H,4-5H2,1-3H3;6H,4-5H2,1-2H3;5-6H,3-4H2,1-2H3;5H,4H2,1-3H3;4H,1-3H3;3H,1-2H3. The number of benzene rings is 2. The van der Waals surface area contributed by atoms with Crippen LogP contribution in [-0.4, -0.2) is 52.4 Å². The zero-order valence-corrected chi connectivity index (χ0v) is 52.8. The number of halogens is 4. The highest BCUT2D eigenvalue weighted by Crippen LogP contribution is 2.36. The highest BCUT2D eigenvalue weighted by atomic mass is 28.4. The van der Waals surface area contributed by atoms with Gasteiger partial charge in [0.1, 0.15) is 0 Å². The van der Waals surface area contributed by atoms with Gasteiger partial charge < -0.3 is 19.1 Å². The highest BCUT2D eigenvalue weighted by Gasteiger charge is 2.36. The molecule has 0 aromatic heterocycles. The van der Waals surface area contributed by atoms with E-state index in [9.17, 15) is 22.4 Å². The first kappa shape index (κ1) is 83.2. The van der Waals surface area contributed by atoms with Crippen LogP contribution in [0.1, 0.15) is 214 Å². The highest BCUT2D eigenvalue weighted by molar-refractivity contribution is 6.74. The van der Waals surface area contributed by atoms with Crippen molar-refractivity contribution in [1.29, 1.82) is 0 Å². The second-order valence-corrected chi connectivity index (χ2v) is 28.5. The number of hydrogen-bond donors (Lipinski definition) is 1. The van der Waals surface area contributed by atoms with Gasteiger partial charge in [0.25, 0.3) is 0 Å². The number of aliphatic hydroxyl groups excluding tert-OH is 1. The van der Waals surface area contributed by atoms with Crippen LogP contribution in [-0.2, 0) is 33.0 Å². The number of alkyl halides is 4. The molecule has 0 unspecified atom stereocenters. The average molecular weight is 1050 g/mol. The summed E-state index contributed by atoms with van der Waals surface area (Å²) >= 11 is 0. The van der Waals surface area contributed by atoms with E-state index in [1.807, 2.05) is 13.8 Å². The Hall–Kier alpha value is -2.74. The molecule has 428 valence electrons. The molecule has 0 heterocycles. The molecular weight excluding hydrogens is 927 g/mol. The Kier molecular flexibility index (Phi) is 59.8. The minimum absolute atomic E-state index is 0.108. The van der Waals surface area contributed by atoms with Crippen LogP contribution in [0, 0.1) is 53.9 Å². The molecule has 2 rings (SSSR count). The minimum atomic E-state index is -4.23. The predicted molar refractivity (Wildman–Crippen MR) is 313 cm³/mol. The fourth-order valence-electron chi connectivity index (χ4n) is 4.24. The number of methoxy groups -OCH3 is 1. The van der Waals surface area contributed by atoms with E-state index >= 15 is 0 Å². The van der Waals surface area contributed by atoms with E-state index in [2.05, 4.69) is 185 Å². The monoisotopic (exact) mass is 1050 g/mol. The molecule has 0 aliphatic heterocycles. The van der Waals surface area contributed by atoms with Crippen molar-refractivity contribution in [2.45, 2.75) is 241 Å². The van der Waals surface area contributed by atoms with Gasteiger partial charge in [0, 0.05) is 26.1 Å². The maximum Gasteiger partial charge on any atom is 0.416 e. The van der Waals surface area contributed by atoms with Gasteiger partial charge in [-0.05, 0) is 135 Å². The zero-order valence-electron chi connectivity index (χ0n) is 51.8. The van der Waals surface area contributed by atoms with Gasteiger partial charge in [-0.3, -0.25) is 4.79 Å². The van der Waals surface area contributed by atoms with Crippen molar-refractivity contribution in [3.63, 3.8) is 0 Å². The van der Waals surface area contributed by atoms with Crippen LogP contribution < -0.4 is 0 Å². The molecule has 10 heteroatoms. The van der Waals surface area contributed by atoms with Crippen LogP contribution >= 0.6 is 0 Å². The molecule has 0 amide bonds. The fourth-order valence-corrected chi connectivity index (χ4v) is 5.30. The third-order valence-corrected chi connectivity index (χ3v) is 14.4. The number of carbonyl (C=O) groups excluding carboxylic acids is 1. The number of carbonyl (C=O) groups is 1. The van der Waals surface area contributed by atoms with Crippen LogP contribution in [0.15, 0.2) is 54.6 Å². The molecule has 2 aromatic rings. The van der Waals surface area contributed by atoms with Crippen LogP contribution in [0.4, 0.5) is 17.6 Å².